The number of nitrogens with one attached hydrogen (secondary N) is 1. The van der Waals surface area contributed by atoms with Crippen LogP contribution in [0.15, 0.2) is 30.3 Å². The average Bonchev–Trinajstić information content (AvgIpc) is 2.72. The van der Waals surface area contributed by atoms with Crippen molar-refractivity contribution in [1.29, 1.82) is 0 Å². The van der Waals surface area contributed by atoms with Gasteiger partial charge in [-0.1, -0.05) is 30.5 Å². The van der Waals surface area contributed by atoms with Crippen molar-refractivity contribution in [3.05, 3.63) is 36.8 Å². The summed E-state index contributed by atoms with van der Waals surface area (Å²) < 4.78 is 0. The SMILES string of the molecule is CC(Nc1ccccc1)C1C[CH-]CC1.[Li+]. The van der Waals surface area contributed by atoms with E-state index in [4.69, 9.17) is 0 Å². The first-order valence-corrected chi connectivity index (χ1v) is 5.49. The molecule has 1 aromatic rings. The number of hydrogen-bond donors (Lipinski definition) is 1. The molecule has 1 aliphatic carbocycles. The van der Waals surface area contributed by atoms with E-state index in [-0.39, 0.29) is 18.9 Å². The summed E-state index contributed by atoms with van der Waals surface area (Å²) in [5.41, 5.74) is 1.24. The maximum Gasteiger partial charge on any atom is 1.00 e. The Morgan fingerprint density at radius 3 is 2.67 bits per heavy atom. The summed E-state index contributed by atoms with van der Waals surface area (Å²) in [6, 6.07) is 11.1. The van der Waals surface area contributed by atoms with Gasteiger partial charge < -0.3 is 11.7 Å². The van der Waals surface area contributed by atoms with Gasteiger partial charge in [-0.25, -0.2) is 0 Å². The zero-order valence-electron chi connectivity index (χ0n) is 9.74. The monoisotopic (exact) mass is 195 g/mol. The van der Waals surface area contributed by atoms with E-state index in [0.29, 0.717) is 6.04 Å². The molecule has 0 saturated heterocycles. The zero-order valence-corrected chi connectivity index (χ0v) is 9.74. The molecule has 0 aliphatic heterocycles. The third kappa shape index (κ3) is 3.59. The van der Waals surface area contributed by atoms with Crippen molar-refractivity contribution in [2.75, 3.05) is 5.32 Å². The Hall–Kier alpha value is -0.383. The predicted molar refractivity (Wildman–Crippen MR) is 61.2 cm³/mol. The minimum absolute atomic E-state index is 0. The molecule has 2 rings (SSSR count). The largest absolute Gasteiger partial charge is 1.00 e. The van der Waals surface area contributed by atoms with Gasteiger partial charge >= 0.3 is 18.9 Å². The first-order valence-electron chi connectivity index (χ1n) is 5.49. The van der Waals surface area contributed by atoms with Crippen LogP contribution < -0.4 is 24.2 Å². The summed E-state index contributed by atoms with van der Waals surface area (Å²) in [4.78, 5) is 0. The van der Waals surface area contributed by atoms with Crippen molar-refractivity contribution in [2.45, 2.75) is 32.2 Å². The molecule has 1 aromatic carbocycles. The third-order valence-electron chi connectivity index (χ3n) is 3.09. The fourth-order valence-electron chi connectivity index (χ4n) is 2.15. The van der Waals surface area contributed by atoms with Crippen LogP contribution in [-0.2, 0) is 0 Å². The molecule has 15 heavy (non-hydrogen) atoms. The maximum atomic E-state index is 3.56. The van der Waals surface area contributed by atoms with E-state index in [9.17, 15) is 0 Å². The third-order valence-corrected chi connectivity index (χ3v) is 3.09. The molecular formula is C13H18LiN. The Bertz CT molecular complexity index is 267. The summed E-state index contributed by atoms with van der Waals surface area (Å²) in [5.74, 6) is 0.829. The minimum atomic E-state index is 0. The van der Waals surface area contributed by atoms with E-state index in [0.717, 1.165) is 5.92 Å². The molecule has 1 nitrogen and oxygen atoms in total. The van der Waals surface area contributed by atoms with Crippen molar-refractivity contribution in [1.82, 2.24) is 0 Å². The van der Waals surface area contributed by atoms with Crippen LogP contribution in [0.3, 0.4) is 0 Å². The Kier molecular flexibility index (Phi) is 5.29. The van der Waals surface area contributed by atoms with Crippen LogP contribution in [0, 0.1) is 12.3 Å². The smallest absolute Gasteiger partial charge is 0.382 e. The Morgan fingerprint density at radius 2 is 2.07 bits per heavy atom. The van der Waals surface area contributed by atoms with Crippen molar-refractivity contribution >= 4 is 5.69 Å². The molecule has 0 aromatic heterocycles. The second-order valence-electron chi connectivity index (χ2n) is 4.16. The van der Waals surface area contributed by atoms with Gasteiger partial charge in [0.2, 0.25) is 0 Å². The quantitative estimate of drug-likeness (QED) is 0.547. The normalized spacial score (nSPS) is 21.8. The molecule has 2 atom stereocenters. The van der Waals surface area contributed by atoms with Crippen LogP contribution in [0.1, 0.15) is 26.2 Å². The molecule has 1 fully saturated rings. The first-order chi connectivity index (χ1) is 6.86. The first kappa shape index (κ1) is 12.7. The summed E-state index contributed by atoms with van der Waals surface area (Å²) in [7, 11) is 0. The molecule has 0 radical (unpaired) electrons. The summed E-state index contributed by atoms with van der Waals surface area (Å²) >= 11 is 0. The van der Waals surface area contributed by atoms with Gasteiger partial charge in [-0.3, -0.25) is 0 Å². The van der Waals surface area contributed by atoms with Crippen LogP contribution >= 0.6 is 0 Å². The van der Waals surface area contributed by atoms with Crippen LogP contribution in [0.2, 0.25) is 0 Å². The molecule has 76 valence electrons. The molecule has 1 aliphatic rings. The van der Waals surface area contributed by atoms with Crippen molar-refractivity contribution in [3.8, 4) is 0 Å². The molecule has 0 amide bonds. The summed E-state index contributed by atoms with van der Waals surface area (Å²) in [6.45, 7) is 2.29. The molecule has 0 bridgehead atoms. The van der Waals surface area contributed by atoms with Gasteiger partial charge in [-0.15, -0.1) is 0 Å². The van der Waals surface area contributed by atoms with Gasteiger partial charge in [-0.2, -0.15) is 12.8 Å². The zero-order chi connectivity index (χ0) is 9.80. The predicted octanol–water partition coefficient (Wildman–Crippen LogP) is 0.495. The van der Waals surface area contributed by atoms with Crippen LogP contribution in [-0.4, -0.2) is 6.04 Å². The van der Waals surface area contributed by atoms with E-state index in [2.05, 4.69) is 49.0 Å². The van der Waals surface area contributed by atoms with Crippen LogP contribution in [0.4, 0.5) is 5.69 Å². The Morgan fingerprint density at radius 1 is 1.33 bits per heavy atom. The maximum absolute atomic E-state index is 3.56. The van der Waals surface area contributed by atoms with E-state index >= 15 is 0 Å². The minimum Gasteiger partial charge on any atom is -0.382 e. The van der Waals surface area contributed by atoms with Crippen molar-refractivity contribution in [3.63, 3.8) is 0 Å². The van der Waals surface area contributed by atoms with Crippen LogP contribution in [0.5, 0.6) is 0 Å². The number of para-hydroxylation sites is 1. The van der Waals surface area contributed by atoms with Crippen molar-refractivity contribution < 1.29 is 18.9 Å². The van der Waals surface area contributed by atoms with Gasteiger partial charge in [0.15, 0.2) is 0 Å². The molecule has 2 unspecified atom stereocenters. The van der Waals surface area contributed by atoms with E-state index in [1.54, 1.807) is 0 Å². The second-order valence-corrected chi connectivity index (χ2v) is 4.16. The average molecular weight is 195 g/mol. The van der Waals surface area contributed by atoms with E-state index in [1.165, 1.54) is 24.9 Å². The van der Waals surface area contributed by atoms with Gasteiger partial charge in [0.25, 0.3) is 0 Å². The molecule has 0 heterocycles. The molecule has 0 spiro atoms. The second kappa shape index (κ2) is 6.25. The fraction of sp³-hybridized carbons (Fsp3) is 0.462. The van der Waals surface area contributed by atoms with Crippen molar-refractivity contribution in [2.24, 2.45) is 5.92 Å². The molecule has 2 heteroatoms. The van der Waals surface area contributed by atoms with Gasteiger partial charge in [0.1, 0.15) is 0 Å². The summed E-state index contributed by atoms with van der Waals surface area (Å²) in [5, 5.41) is 3.56. The number of benzene rings is 1. The molecule has 1 N–H and O–H groups in total. The number of rotatable bonds is 3. The standard InChI is InChI=1S/C13H18N.Li/c1-11(12-7-5-6-8-12)14-13-9-3-2-4-10-13;/h2-5,9-12,14H,6-8H2,1H3;/q-1;+1. The topological polar surface area (TPSA) is 12.0 Å². The molecule has 1 saturated carbocycles. The number of anilines is 1. The van der Waals surface area contributed by atoms with Crippen LogP contribution in [0.25, 0.3) is 0 Å². The Labute approximate surface area is 105 Å². The van der Waals surface area contributed by atoms with E-state index < -0.39 is 0 Å². The van der Waals surface area contributed by atoms with Gasteiger partial charge in [-0.05, 0) is 19.1 Å². The van der Waals surface area contributed by atoms with Gasteiger partial charge in [0.05, 0.1) is 0 Å². The fourth-order valence-corrected chi connectivity index (χ4v) is 2.15. The molecular weight excluding hydrogens is 177 g/mol. The number of hydrogen-bond acceptors (Lipinski definition) is 1. The van der Waals surface area contributed by atoms with Gasteiger partial charge in [0, 0.05) is 11.7 Å². The van der Waals surface area contributed by atoms with E-state index in [1.807, 2.05) is 0 Å². The Balaban J connectivity index is 0.00000112. The summed E-state index contributed by atoms with van der Waals surface area (Å²) in [6.07, 6.45) is 6.33.